The summed E-state index contributed by atoms with van der Waals surface area (Å²) in [6, 6.07) is 0.279. The maximum atomic E-state index is 12.4. The molecule has 0 spiro atoms. The molecule has 1 aliphatic carbocycles. The average molecular weight is 305 g/mol. The van der Waals surface area contributed by atoms with Gasteiger partial charge in [-0.05, 0) is 26.7 Å². The maximum absolute atomic E-state index is 12.4. The van der Waals surface area contributed by atoms with Crippen LogP contribution in [-0.4, -0.2) is 48.7 Å². The summed E-state index contributed by atoms with van der Waals surface area (Å²) in [5, 5.41) is 3.31. The number of nitrogens with one attached hydrogen (secondary N) is 1. The summed E-state index contributed by atoms with van der Waals surface area (Å²) in [4.78, 5) is 14.4. The third-order valence-electron chi connectivity index (χ3n) is 4.33. The molecule has 4 nitrogen and oxygen atoms in total. The van der Waals surface area contributed by atoms with E-state index in [1.54, 1.807) is 0 Å². The molecule has 0 aromatic heterocycles. The SMILES string of the molecule is CC(OC1CCCCCC1)C(=O)N1CCNC[C@@H]1C.Cl. The number of nitrogens with zero attached hydrogens (tertiary/aromatic N) is 1. The second kappa shape index (κ2) is 8.85. The Morgan fingerprint density at radius 2 is 1.90 bits per heavy atom. The zero-order chi connectivity index (χ0) is 13.7. The van der Waals surface area contributed by atoms with E-state index in [1.807, 2.05) is 11.8 Å². The van der Waals surface area contributed by atoms with Gasteiger partial charge in [0.15, 0.2) is 0 Å². The van der Waals surface area contributed by atoms with Crippen LogP contribution >= 0.6 is 12.4 Å². The standard InChI is InChI=1S/C15H28N2O2.ClH/c1-12-11-16-9-10-17(12)15(18)13(2)19-14-7-5-3-4-6-8-14;/h12-14,16H,3-11H2,1-2H3;1H/t12-,13?;/m0./s1. The van der Waals surface area contributed by atoms with Crippen LogP contribution in [0.25, 0.3) is 0 Å². The molecule has 2 fully saturated rings. The highest BCUT2D eigenvalue weighted by Gasteiger charge is 2.29. The number of ether oxygens (including phenoxy) is 1. The van der Waals surface area contributed by atoms with Crippen LogP contribution in [0.5, 0.6) is 0 Å². The molecule has 0 aromatic rings. The summed E-state index contributed by atoms with van der Waals surface area (Å²) in [5.74, 6) is 0.165. The predicted octanol–water partition coefficient (Wildman–Crippen LogP) is 2.36. The largest absolute Gasteiger partial charge is 0.365 e. The smallest absolute Gasteiger partial charge is 0.251 e. The Morgan fingerprint density at radius 3 is 2.50 bits per heavy atom. The highest BCUT2D eigenvalue weighted by Crippen LogP contribution is 2.21. The van der Waals surface area contributed by atoms with Crippen molar-refractivity contribution in [3.63, 3.8) is 0 Å². The summed E-state index contributed by atoms with van der Waals surface area (Å²) >= 11 is 0. The molecule has 1 N–H and O–H groups in total. The topological polar surface area (TPSA) is 41.6 Å². The molecule has 118 valence electrons. The Kier molecular flexibility index (Phi) is 7.85. The van der Waals surface area contributed by atoms with Gasteiger partial charge in [0.2, 0.25) is 0 Å². The van der Waals surface area contributed by atoms with Gasteiger partial charge in [0, 0.05) is 25.7 Å². The van der Waals surface area contributed by atoms with E-state index in [2.05, 4.69) is 12.2 Å². The van der Waals surface area contributed by atoms with Crippen LogP contribution in [0.15, 0.2) is 0 Å². The van der Waals surface area contributed by atoms with Crippen LogP contribution in [0.3, 0.4) is 0 Å². The quantitative estimate of drug-likeness (QED) is 0.814. The molecule has 1 saturated heterocycles. The van der Waals surface area contributed by atoms with Crippen LogP contribution in [-0.2, 0) is 9.53 Å². The lowest BCUT2D eigenvalue weighted by Gasteiger charge is -2.36. The van der Waals surface area contributed by atoms with Crippen molar-refractivity contribution < 1.29 is 9.53 Å². The van der Waals surface area contributed by atoms with Gasteiger partial charge in [0.25, 0.3) is 5.91 Å². The molecule has 1 aliphatic heterocycles. The van der Waals surface area contributed by atoms with Gasteiger partial charge in [-0.1, -0.05) is 25.7 Å². The lowest BCUT2D eigenvalue weighted by molar-refractivity contribution is -0.149. The van der Waals surface area contributed by atoms with Gasteiger partial charge in [-0.15, -0.1) is 12.4 Å². The first-order valence-corrected chi connectivity index (χ1v) is 7.85. The van der Waals surface area contributed by atoms with E-state index < -0.39 is 0 Å². The number of hydrogen-bond acceptors (Lipinski definition) is 3. The van der Waals surface area contributed by atoms with E-state index in [-0.39, 0.29) is 30.5 Å². The van der Waals surface area contributed by atoms with Crippen molar-refractivity contribution in [2.45, 2.75) is 70.6 Å². The molecule has 0 aromatic carbocycles. The predicted molar refractivity (Wildman–Crippen MR) is 83.3 cm³/mol. The van der Waals surface area contributed by atoms with E-state index in [4.69, 9.17) is 4.74 Å². The van der Waals surface area contributed by atoms with Gasteiger partial charge in [0.05, 0.1) is 6.10 Å². The second-order valence-electron chi connectivity index (χ2n) is 5.98. The van der Waals surface area contributed by atoms with Crippen molar-refractivity contribution in [3.8, 4) is 0 Å². The zero-order valence-corrected chi connectivity index (χ0v) is 13.6. The summed E-state index contributed by atoms with van der Waals surface area (Å²) < 4.78 is 6.02. The summed E-state index contributed by atoms with van der Waals surface area (Å²) in [7, 11) is 0. The average Bonchev–Trinajstić information content (AvgIpc) is 2.67. The number of hydrogen-bond donors (Lipinski definition) is 1. The Hall–Kier alpha value is -0.320. The van der Waals surface area contributed by atoms with Gasteiger partial charge >= 0.3 is 0 Å². The van der Waals surface area contributed by atoms with E-state index >= 15 is 0 Å². The Morgan fingerprint density at radius 1 is 1.25 bits per heavy atom. The fourth-order valence-electron chi connectivity index (χ4n) is 3.13. The molecule has 1 unspecified atom stereocenters. The number of halogens is 1. The van der Waals surface area contributed by atoms with Crippen LogP contribution < -0.4 is 5.32 Å². The van der Waals surface area contributed by atoms with Gasteiger partial charge in [-0.3, -0.25) is 4.79 Å². The van der Waals surface area contributed by atoms with Crippen molar-refractivity contribution in [2.75, 3.05) is 19.6 Å². The van der Waals surface area contributed by atoms with Gasteiger partial charge in [-0.2, -0.15) is 0 Å². The second-order valence-corrected chi connectivity index (χ2v) is 5.98. The molecule has 5 heteroatoms. The summed E-state index contributed by atoms with van der Waals surface area (Å²) in [6.45, 7) is 6.61. The highest BCUT2D eigenvalue weighted by atomic mass is 35.5. The molecular formula is C15H29ClN2O2. The highest BCUT2D eigenvalue weighted by molar-refractivity contribution is 5.85. The molecule has 0 radical (unpaired) electrons. The minimum absolute atomic E-state index is 0. The number of piperazine rings is 1. The van der Waals surface area contributed by atoms with E-state index in [1.165, 1.54) is 25.7 Å². The first-order chi connectivity index (χ1) is 9.18. The van der Waals surface area contributed by atoms with Crippen LogP contribution in [0.4, 0.5) is 0 Å². The minimum atomic E-state index is -0.288. The Balaban J connectivity index is 0.00000200. The number of amides is 1. The van der Waals surface area contributed by atoms with Crippen molar-refractivity contribution in [2.24, 2.45) is 0 Å². The summed E-state index contributed by atoms with van der Waals surface area (Å²) in [6.07, 6.45) is 7.37. The normalized spacial score (nSPS) is 26.5. The van der Waals surface area contributed by atoms with Crippen LogP contribution in [0, 0.1) is 0 Å². The van der Waals surface area contributed by atoms with Gasteiger partial charge in [0.1, 0.15) is 6.10 Å². The fraction of sp³-hybridized carbons (Fsp3) is 0.933. The number of carbonyl (C=O) groups excluding carboxylic acids is 1. The van der Waals surface area contributed by atoms with Crippen molar-refractivity contribution in [1.29, 1.82) is 0 Å². The number of carbonyl (C=O) groups is 1. The lowest BCUT2D eigenvalue weighted by Crippen LogP contribution is -2.55. The van der Waals surface area contributed by atoms with Crippen LogP contribution in [0.1, 0.15) is 52.4 Å². The summed E-state index contributed by atoms with van der Waals surface area (Å²) in [5.41, 5.74) is 0. The van der Waals surface area contributed by atoms with Crippen molar-refractivity contribution >= 4 is 18.3 Å². The van der Waals surface area contributed by atoms with Crippen molar-refractivity contribution in [3.05, 3.63) is 0 Å². The fourth-order valence-corrected chi connectivity index (χ4v) is 3.13. The lowest BCUT2D eigenvalue weighted by atomic mass is 10.1. The van der Waals surface area contributed by atoms with Gasteiger partial charge < -0.3 is 15.0 Å². The minimum Gasteiger partial charge on any atom is -0.365 e. The monoisotopic (exact) mass is 304 g/mol. The maximum Gasteiger partial charge on any atom is 0.251 e. The molecule has 1 amide bonds. The van der Waals surface area contributed by atoms with E-state index in [0.29, 0.717) is 6.10 Å². The molecule has 0 bridgehead atoms. The van der Waals surface area contributed by atoms with Crippen molar-refractivity contribution in [1.82, 2.24) is 10.2 Å². The number of rotatable bonds is 3. The Labute approximate surface area is 129 Å². The molecular weight excluding hydrogens is 276 g/mol. The third kappa shape index (κ3) is 4.90. The third-order valence-corrected chi connectivity index (χ3v) is 4.33. The molecule has 1 heterocycles. The van der Waals surface area contributed by atoms with Crippen LogP contribution in [0.2, 0.25) is 0 Å². The van der Waals surface area contributed by atoms with E-state index in [9.17, 15) is 4.79 Å². The molecule has 2 aliphatic rings. The molecule has 20 heavy (non-hydrogen) atoms. The first-order valence-electron chi connectivity index (χ1n) is 7.85. The van der Waals surface area contributed by atoms with E-state index in [0.717, 1.165) is 32.5 Å². The zero-order valence-electron chi connectivity index (χ0n) is 12.8. The first kappa shape index (κ1) is 17.7. The van der Waals surface area contributed by atoms with Gasteiger partial charge in [-0.25, -0.2) is 0 Å². The Bertz CT molecular complexity index is 294. The molecule has 2 rings (SSSR count). The molecule has 1 saturated carbocycles. The molecule has 2 atom stereocenters.